The van der Waals surface area contributed by atoms with E-state index in [4.69, 9.17) is 22.1 Å². The molecule has 0 aliphatic carbocycles. The molecule has 0 bridgehead atoms. The second-order valence-electron chi connectivity index (χ2n) is 4.97. The highest BCUT2D eigenvalue weighted by molar-refractivity contribution is 7.89. The van der Waals surface area contributed by atoms with Crippen LogP contribution in [-0.2, 0) is 14.8 Å². The summed E-state index contributed by atoms with van der Waals surface area (Å²) in [5, 5.41) is 0.188. The minimum Gasteiger partial charge on any atom is -0.399 e. The number of sulfonamides is 1. The van der Waals surface area contributed by atoms with Crippen molar-refractivity contribution in [3.05, 3.63) is 23.2 Å². The fourth-order valence-corrected chi connectivity index (χ4v) is 4.54. The van der Waals surface area contributed by atoms with Crippen LogP contribution < -0.4 is 5.73 Å². The number of nitrogens with zero attached hydrogens (tertiary/aromatic N) is 1. The molecule has 20 heavy (non-hydrogen) atoms. The molecule has 2 N–H and O–H groups in total. The Labute approximate surface area is 124 Å². The number of hydrogen-bond acceptors (Lipinski definition) is 4. The topological polar surface area (TPSA) is 72.6 Å². The van der Waals surface area contributed by atoms with Gasteiger partial charge >= 0.3 is 0 Å². The third-order valence-corrected chi connectivity index (χ3v) is 5.83. The Morgan fingerprint density at radius 1 is 1.50 bits per heavy atom. The van der Waals surface area contributed by atoms with Crippen molar-refractivity contribution in [2.45, 2.75) is 37.3 Å². The zero-order valence-corrected chi connectivity index (χ0v) is 13.1. The van der Waals surface area contributed by atoms with Gasteiger partial charge in [0.2, 0.25) is 10.0 Å². The second-order valence-corrected chi connectivity index (χ2v) is 7.24. The third kappa shape index (κ3) is 2.93. The number of rotatable bonds is 3. The third-order valence-electron chi connectivity index (χ3n) is 3.43. The van der Waals surface area contributed by atoms with Crippen molar-refractivity contribution in [1.29, 1.82) is 0 Å². The molecular weight excluding hydrogens is 300 g/mol. The Kier molecular flexibility index (Phi) is 4.59. The summed E-state index contributed by atoms with van der Waals surface area (Å²) in [6, 6.07) is 4.33. The van der Waals surface area contributed by atoms with Crippen molar-refractivity contribution in [3.8, 4) is 0 Å². The Morgan fingerprint density at radius 2 is 2.20 bits per heavy atom. The Hall–Kier alpha value is -0.820. The average Bonchev–Trinajstić information content (AvgIpc) is 2.41. The van der Waals surface area contributed by atoms with E-state index in [1.54, 1.807) is 6.07 Å². The first-order valence-electron chi connectivity index (χ1n) is 6.54. The van der Waals surface area contributed by atoms with Gasteiger partial charge in [-0.05, 0) is 31.5 Å². The van der Waals surface area contributed by atoms with E-state index in [0.717, 1.165) is 0 Å². The predicted molar refractivity (Wildman–Crippen MR) is 79.2 cm³/mol. The molecule has 0 spiro atoms. The minimum atomic E-state index is -3.67. The summed E-state index contributed by atoms with van der Waals surface area (Å²) in [4.78, 5) is 0.0618. The number of hydrogen-bond donors (Lipinski definition) is 1. The fraction of sp³-hybridized carbons (Fsp3) is 0.538. The van der Waals surface area contributed by atoms with Crippen molar-refractivity contribution in [3.63, 3.8) is 0 Å². The molecule has 5 nitrogen and oxygen atoms in total. The molecule has 2 atom stereocenters. The number of halogens is 1. The van der Waals surface area contributed by atoms with Gasteiger partial charge in [-0.15, -0.1) is 0 Å². The lowest BCUT2D eigenvalue weighted by Gasteiger charge is -2.37. The van der Waals surface area contributed by atoms with Crippen molar-refractivity contribution in [2.75, 3.05) is 18.9 Å². The van der Waals surface area contributed by atoms with Crippen LogP contribution in [0.15, 0.2) is 23.1 Å². The number of benzene rings is 1. The lowest BCUT2D eigenvalue weighted by atomic mass is 10.2. The van der Waals surface area contributed by atoms with E-state index in [1.165, 1.54) is 16.4 Å². The number of nitrogens with two attached hydrogens (primary N) is 1. The molecule has 0 aromatic heterocycles. The second kappa shape index (κ2) is 5.89. The van der Waals surface area contributed by atoms with Crippen LogP contribution in [0.25, 0.3) is 0 Å². The molecule has 2 rings (SSSR count). The SMILES string of the molecule is CCC1COC(C)CN1S(=O)(=O)c1cc(N)ccc1Cl. The summed E-state index contributed by atoms with van der Waals surface area (Å²) in [6.07, 6.45) is 0.554. The molecule has 1 heterocycles. The maximum Gasteiger partial charge on any atom is 0.245 e. The first-order valence-corrected chi connectivity index (χ1v) is 8.36. The molecule has 1 aromatic carbocycles. The van der Waals surface area contributed by atoms with Crippen LogP contribution in [0.1, 0.15) is 20.3 Å². The number of nitrogen functional groups attached to an aromatic ring is 1. The van der Waals surface area contributed by atoms with Gasteiger partial charge in [0.15, 0.2) is 0 Å². The van der Waals surface area contributed by atoms with Gasteiger partial charge in [0.05, 0.1) is 17.7 Å². The molecule has 1 fully saturated rings. The zero-order valence-electron chi connectivity index (χ0n) is 11.5. The Morgan fingerprint density at radius 3 is 2.85 bits per heavy atom. The van der Waals surface area contributed by atoms with Gasteiger partial charge in [0.1, 0.15) is 4.90 Å². The predicted octanol–water partition coefficient (Wildman–Crippen LogP) is 2.11. The molecule has 1 aliphatic rings. The monoisotopic (exact) mass is 318 g/mol. The van der Waals surface area contributed by atoms with E-state index in [9.17, 15) is 8.42 Å². The molecule has 2 unspecified atom stereocenters. The van der Waals surface area contributed by atoms with E-state index in [2.05, 4.69) is 0 Å². The highest BCUT2D eigenvalue weighted by Gasteiger charge is 2.36. The van der Waals surface area contributed by atoms with Crippen LogP contribution in [0, 0.1) is 0 Å². The molecule has 1 aromatic rings. The summed E-state index contributed by atoms with van der Waals surface area (Å²) in [7, 11) is -3.67. The quantitative estimate of drug-likeness (QED) is 0.866. The van der Waals surface area contributed by atoms with Gasteiger partial charge in [0, 0.05) is 18.3 Å². The van der Waals surface area contributed by atoms with E-state index in [0.29, 0.717) is 25.3 Å². The van der Waals surface area contributed by atoms with E-state index < -0.39 is 10.0 Å². The molecule has 1 aliphatic heterocycles. The summed E-state index contributed by atoms with van der Waals surface area (Å²) in [5.74, 6) is 0. The molecule has 112 valence electrons. The van der Waals surface area contributed by atoms with Crippen molar-refractivity contribution >= 4 is 27.3 Å². The van der Waals surface area contributed by atoms with Gasteiger partial charge in [-0.25, -0.2) is 8.42 Å². The zero-order chi connectivity index (χ0) is 14.9. The van der Waals surface area contributed by atoms with Crippen molar-refractivity contribution in [2.24, 2.45) is 0 Å². The number of morpholine rings is 1. The van der Waals surface area contributed by atoms with Crippen LogP contribution >= 0.6 is 11.6 Å². The summed E-state index contributed by atoms with van der Waals surface area (Å²) < 4.78 is 32.6. The first-order chi connectivity index (χ1) is 9.36. The molecule has 0 amide bonds. The van der Waals surface area contributed by atoms with E-state index >= 15 is 0 Å². The van der Waals surface area contributed by atoms with E-state index in [-0.39, 0.29) is 22.1 Å². The van der Waals surface area contributed by atoms with Crippen LogP contribution in [0.2, 0.25) is 5.02 Å². The highest BCUT2D eigenvalue weighted by atomic mass is 35.5. The van der Waals surface area contributed by atoms with E-state index in [1.807, 2.05) is 13.8 Å². The first kappa shape index (κ1) is 15.6. The molecule has 7 heteroatoms. The fourth-order valence-electron chi connectivity index (χ4n) is 2.27. The lowest BCUT2D eigenvalue weighted by molar-refractivity contribution is -0.0230. The average molecular weight is 319 g/mol. The smallest absolute Gasteiger partial charge is 0.245 e. The molecular formula is C13H19ClN2O3S. The summed E-state index contributed by atoms with van der Waals surface area (Å²) in [5.41, 5.74) is 6.06. The van der Waals surface area contributed by atoms with Gasteiger partial charge in [0.25, 0.3) is 0 Å². The van der Waals surface area contributed by atoms with Crippen LogP contribution in [0.5, 0.6) is 0 Å². The van der Waals surface area contributed by atoms with Crippen molar-refractivity contribution in [1.82, 2.24) is 4.31 Å². The van der Waals surface area contributed by atoms with Gasteiger partial charge in [-0.1, -0.05) is 18.5 Å². The van der Waals surface area contributed by atoms with Crippen LogP contribution in [-0.4, -0.2) is 38.0 Å². The standard InChI is InChI=1S/C13H19ClN2O3S/c1-3-11-8-19-9(2)7-16(11)20(17,18)13-6-10(15)4-5-12(13)14/h4-6,9,11H,3,7-8,15H2,1-2H3. The summed E-state index contributed by atoms with van der Waals surface area (Å²) >= 11 is 6.03. The Balaban J connectivity index is 2.44. The van der Waals surface area contributed by atoms with Gasteiger partial charge < -0.3 is 10.5 Å². The minimum absolute atomic E-state index is 0.0618. The molecule has 0 radical (unpaired) electrons. The Bertz CT molecular complexity index is 591. The largest absolute Gasteiger partial charge is 0.399 e. The molecule has 0 saturated carbocycles. The number of ether oxygens (including phenoxy) is 1. The lowest BCUT2D eigenvalue weighted by Crippen LogP contribution is -2.51. The highest BCUT2D eigenvalue weighted by Crippen LogP contribution is 2.30. The maximum absolute atomic E-state index is 12.8. The van der Waals surface area contributed by atoms with Crippen LogP contribution in [0.3, 0.4) is 0 Å². The summed E-state index contributed by atoms with van der Waals surface area (Å²) in [6.45, 7) is 4.52. The maximum atomic E-state index is 12.8. The van der Waals surface area contributed by atoms with Gasteiger partial charge in [-0.2, -0.15) is 4.31 Å². The number of anilines is 1. The van der Waals surface area contributed by atoms with Crippen molar-refractivity contribution < 1.29 is 13.2 Å². The van der Waals surface area contributed by atoms with Crippen LogP contribution in [0.4, 0.5) is 5.69 Å². The van der Waals surface area contributed by atoms with Gasteiger partial charge in [-0.3, -0.25) is 0 Å². The normalized spacial score (nSPS) is 24.8. The molecule has 1 saturated heterocycles.